The van der Waals surface area contributed by atoms with Crippen LogP contribution in [0.5, 0.6) is 51.7 Å². The molecule has 0 fully saturated rings. The number of fused-ring (bicyclic) bond motifs is 8. The maximum absolute atomic E-state index is 13.9. The van der Waals surface area contributed by atoms with Crippen LogP contribution in [0.4, 0.5) is 0 Å². The maximum Gasteiger partial charge on any atom is 0.348 e. The number of carbonyl (C=O) groups is 4. The minimum absolute atomic E-state index is 0.0646. The Morgan fingerprint density at radius 3 is 0.961 bits per heavy atom. The molecule has 26 heteroatoms. The summed E-state index contributed by atoms with van der Waals surface area (Å²) in [5.74, 6) is 3.64. The molecule has 9 aromatic carbocycles. The third kappa shape index (κ3) is 24.9. The van der Waals surface area contributed by atoms with Crippen LogP contribution in [0.2, 0.25) is 0 Å². The van der Waals surface area contributed by atoms with Crippen molar-refractivity contribution in [2.75, 3.05) is 198 Å². The zero-order valence-electron chi connectivity index (χ0n) is 76.6. The first kappa shape index (κ1) is 100. The third-order valence-electron chi connectivity index (χ3n) is 22.5. The average Bonchev–Trinajstić information content (AvgIpc) is 0.739. The predicted octanol–water partition coefficient (Wildman–Crippen LogP) is 15.5. The number of hydrogen-bond acceptors (Lipinski definition) is 26. The number of rotatable bonds is 48. The lowest BCUT2D eigenvalue weighted by Crippen LogP contribution is -2.44. The molecule has 4 aliphatic heterocycles. The standard InChI is InChI=1S/C28H39NO8.C27H29NO3.C25H33NO6.C23H29NO5/c1-4-36-28(23-9-5-7-11-25(23)37-26-12-8-6-10-24(26)28)27(30)35-18-15-29(13-16-33-21-19-31-2)14-17-34-22-20-32-3;1-3-28(4-2)18-19-30-26(29)27(20-21-12-6-5-7-13-21)22-14-8-10-16-24(22)31-25-17-11-9-15-23(25)27;1-4-14-26(15-17-27)16-18-30-24(28)25(31-6-3)19-10-7-8-12-21(19)32-23-20(25)11-9-13-22(23)29-5-2;1-3-13-24(14-16-25)15-17-27-22(26)23(28-4-2)18-9-5-7-11-20(18)29-21-12-8-6-10-19(21)23/h5-12H,4,13-22H2,1-3H3;5-17H,3-4,18-20H2,1-2H3;7-13,27H,4-6,14-18H2,1-3H3;5-12,25H,3-4,13-17H2,1-2H3. The molecule has 0 spiro atoms. The number of methoxy groups -OCH3 is 2. The summed E-state index contributed by atoms with van der Waals surface area (Å²) in [6.45, 7) is 29.9. The molecule has 0 radical (unpaired) electrons. The maximum atomic E-state index is 13.9. The fourth-order valence-electron chi connectivity index (χ4n) is 16.4. The number of benzene rings is 9. The van der Waals surface area contributed by atoms with Crippen LogP contribution in [-0.4, -0.2) is 252 Å². The summed E-state index contributed by atoms with van der Waals surface area (Å²) in [5.41, 5.74) is 1.32. The third-order valence-corrected chi connectivity index (χ3v) is 22.5. The van der Waals surface area contributed by atoms with E-state index in [-0.39, 0.29) is 39.0 Å². The fraction of sp³-hybridized carbons (Fsp3) is 0.437. The summed E-state index contributed by atoms with van der Waals surface area (Å²) < 4.78 is 93.5. The summed E-state index contributed by atoms with van der Waals surface area (Å²) in [5, 5.41) is 18.5. The van der Waals surface area contributed by atoms with Gasteiger partial charge in [-0.2, -0.15) is 0 Å². The Bertz CT molecular complexity index is 4750. The van der Waals surface area contributed by atoms with Crippen LogP contribution in [0, 0.1) is 0 Å². The minimum Gasteiger partial charge on any atom is -0.490 e. The Labute approximate surface area is 760 Å². The average molecular weight is 1780 g/mol. The van der Waals surface area contributed by atoms with Gasteiger partial charge in [0, 0.05) is 131 Å². The molecule has 694 valence electrons. The minimum atomic E-state index is -1.46. The Balaban J connectivity index is 0.000000180. The highest BCUT2D eigenvalue weighted by Gasteiger charge is 2.55. The first-order chi connectivity index (χ1) is 63.1. The number of para-hydroxylation sites is 8. The predicted molar refractivity (Wildman–Crippen MR) is 492 cm³/mol. The lowest BCUT2D eigenvalue weighted by molar-refractivity contribution is -0.170. The van der Waals surface area contributed by atoms with Crippen LogP contribution in [0.3, 0.4) is 0 Å². The van der Waals surface area contributed by atoms with Crippen LogP contribution >= 0.6 is 0 Å². The van der Waals surface area contributed by atoms with Crippen molar-refractivity contribution in [1.82, 2.24) is 19.6 Å². The molecule has 0 aromatic heterocycles. The molecule has 13 rings (SSSR count). The molecule has 129 heavy (non-hydrogen) atoms. The summed E-state index contributed by atoms with van der Waals surface area (Å²) in [4.78, 5) is 63.4. The summed E-state index contributed by atoms with van der Waals surface area (Å²) in [6, 6.07) is 68.2. The number of aliphatic hydroxyl groups is 2. The highest BCUT2D eigenvalue weighted by atomic mass is 16.6. The van der Waals surface area contributed by atoms with E-state index in [0.29, 0.717) is 210 Å². The van der Waals surface area contributed by atoms with Gasteiger partial charge in [0.2, 0.25) is 16.8 Å². The molecule has 0 saturated carbocycles. The van der Waals surface area contributed by atoms with E-state index in [0.717, 1.165) is 62.3 Å². The van der Waals surface area contributed by atoms with Gasteiger partial charge in [-0.05, 0) is 127 Å². The van der Waals surface area contributed by atoms with Crippen molar-refractivity contribution in [1.29, 1.82) is 0 Å². The van der Waals surface area contributed by atoms with Gasteiger partial charge in [-0.1, -0.05) is 198 Å². The molecule has 0 saturated heterocycles. The second kappa shape index (κ2) is 52.3. The number of esters is 4. The number of ether oxygens (including phenoxy) is 16. The smallest absolute Gasteiger partial charge is 0.348 e. The van der Waals surface area contributed by atoms with E-state index < -0.39 is 40.1 Å². The van der Waals surface area contributed by atoms with Gasteiger partial charge in [0.25, 0.3) is 0 Å². The molecule has 0 aliphatic carbocycles. The van der Waals surface area contributed by atoms with E-state index in [4.69, 9.17) is 75.8 Å². The zero-order valence-corrected chi connectivity index (χ0v) is 76.6. The van der Waals surface area contributed by atoms with Crippen LogP contribution in [0.1, 0.15) is 118 Å². The van der Waals surface area contributed by atoms with Gasteiger partial charge in [-0.15, -0.1) is 0 Å². The van der Waals surface area contributed by atoms with E-state index in [1.54, 1.807) is 14.2 Å². The first-order valence-electron chi connectivity index (χ1n) is 45.2. The molecular weight excluding hydrogens is 1650 g/mol. The Kier molecular flexibility index (Phi) is 40.7. The molecule has 1 unspecified atom stereocenters. The molecule has 1 atom stereocenters. The van der Waals surface area contributed by atoms with Crippen molar-refractivity contribution in [2.24, 2.45) is 0 Å². The number of aliphatic hydroxyl groups excluding tert-OH is 2. The first-order valence-corrected chi connectivity index (χ1v) is 45.2. The molecular formula is C103H130N4O22. The number of nitrogens with zero attached hydrogens (tertiary/aromatic N) is 4. The van der Waals surface area contributed by atoms with E-state index in [1.807, 2.05) is 234 Å². The van der Waals surface area contributed by atoms with Crippen molar-refractivity contribution < 1.29 is 105 Å². The quantitative estimate of drug-likeness (QED) is 0.0204. The van der Waals surface area contributed by atoms with Gasteiger partial charge in [-0.3, -0.25) is 19.5 Å². The van der Waals surface area contributed by atoms with Crippen LogP contribution in [-0.2, 0) is 99.9 Å². The van der Waals surface area contributed by atoms with Crippen molar-refractivity contribution in [3.05, 3.63) is 268 Å². The molecule has 9 aromatic rings. The molecule has 0 bridgehead atoms. The van der Waals surface area contributed by atoms with Gasteiger partial charge < -0.3 is 90.9 Å². The highest BCUT2D eigenvalue weighted by molar-refractivity contribution is 5.93. The molecule has 4 heterocycles. The van der Waals surface area contributed by atoms with E-state index in [9.17, 15) is 29.4 Å². The van der Waals surface area contributed by atoms with Gasteiger partial charge in [0.1, 0.15) is 72.1 Å². The molecule has 4 aliphatic rings. The second-order valence-corrected chi connectivity index (χ2v) is 30.6. The Morgan fingerprint density at radius 1 is 0.302 bits per heavy atom. The Morgan fingerprint density at radius 2 is 0.612 bits per heavy atom. The number of carbonyl (C=O) groups excluding carboxylic acids is 4. The molecule has 0 amide bonds. The highest BCUT2D eigenvalue weighted by Crippen LogP contribution is 2.55. The van der Waals surface area contributed by atoms with Crippen molar-refractivity contribution in [2.45, 2.75) is 96.9 Å². The number of likely N-dealkylation sites (N-methyl/N-ethyl adjacent to an activating group) is 1. The summed E-state index contributed by atoms with van der Waals surface area (Å²) in [6.07, 6.45) is 2.43. The molecule has 26 nitrogen and oxygen atoms in total. The van der Waals surface area contributed by atoms with E-state index in [1.165, 1.54) is 0 Å². The van der Waals surface area contributed by atoms with Gasteiger partial charge in [-0.25, -0.2) is 14.4 Å². The van der Waals surface area contributed by atoms with Crippen LogP contribution < -0.4 is 23.7 Å². The normalized spacial score (nSPS) is 14.5. The van der Waals surface area contributed by atoms with Crippen molar-refractivity contribution in [3.8, 4) is 51.7 Å². The van der Waals surface area contributed by atoms with Crippen LogP contribution in [0.15, 0.2) is 218 Å². The fourth-order valence-corrected chi connectivity index (χ4v) is 16.4. The summed E-state index contributed by atoms with van der Waals surface area (Å²) >= 11 is 0. The van der Waals surface area contributed by atoms with Crippen molar-refractivity contribution >= 4 is 23.9 Å². The topological polar surface area (TPSA) is 269 Å². The van der Waals surface area contributed by atoms with E-state index in [2.05, 4.69) is 59.4 Å². The van der Waals surface area contributed by atoms with Crippen LogP contribution in [0.25, 0.3) is 0 Å². The lowest BCUT2D eigenvalue weighted by atomic mass is 9.68. The Hall–Kier alpha value is -10.7. The summed E-state index contributed by atoms with van der Waals surface area (Å²) in [7, 11) is 3.29. The number of hydrogen-bond donors (Lipinski definition) is 2. The van der Waals surface area contributed by atoms with E-state index >= 15 is 0 Å². The zero-order chi connectivity index (χ0) is 91.7. The van der Waals surface area contributed by atoms with Gasteiger partial charge in [0.15, 0.2) is 11.5 Å². The SMILES string of the molecule is CCCN(CCO)CCOC(=O)C1(OCC)c2ccccc2Oc2c(OCC)cccc21.CCCN(CCO)CCOC(=O)C1(OCC)c2ccccc2Oc2ccccc21.CCN(CC)CCOC(=O)C1(Cc2ccccc2)c2ccccc2Oc2ccccc21.CCOC1(C(=O)OCCN(CCOCCOC)CCOCCOC)c2ccccc2Oc2ccccc21. The van der Waals surface area contributed by atoms with Gasteiger partial charge >= 0.3 is 23.9 Å². The van der Waals surface area contributed by atoms with Gasteiger partial charge in [0.05, 0.1) is 59.5 Å². The molecule has 2 N–H and O–H groups in total. The van der Waals surface area contributed by atoms with Crippen molar-refractivity contribution in [3.63, 3.8) is 0 Å². The second-order valence-electron chi connectivity index (χ2n) is 30.6. The largest absolute Gasteiger partial charge is 0.490 e. The lowest BCUT2D eigenvalue weighted by Gasteiger charge is -2.38. The monoisotopic (exact) mass is 1770 g/mol.